The summed E-state index contributed by atoms with van der Waals surface area (Å²) in [4.78, 5) is 0. The zero-order valence-corrected chi connectivity index (χ0v) is 9.79. The maximum atomic E-state index is 13.5. The lowest BCUT2D eigenvalue weighted by Gasteiger charge is -2.07. The van der Waals surface area contributed by atoms with Gasteiger partial charge in [-0.05, 0) is 29.8 Å². The van der Waals surface area contributed by atoms with Gasteiger partial charge < -0.3 is 0 Å². The lowest BCUT2D eigenvalue weighted by Crippen LogP contribution is -1.94. The van der Waals surface area contributed by atoms with Gasteiger partial charge in [-0.25, -0.2) is 13.2 Å². The summed E-state index contributed by atoms with van der Waals surface area (Å²) in [7, 11) is 0. The molecule has 0 unspecified atom stereocenters. The normalized spacial score (nSPS) is 10.6. The molecule has 0 N–H and O–H groups in total. The van der Waals surface area contributed by atoms with Crippen molar-refractivity contribution in [3.8, 4) is 11.1 Å². The summed E-state index contributed by atoms with van der Waals surface area (Å²) < 4.78 is 40.0. The second-order valence-corrected chi connectivity index (χ2v) is 4.16. The fourth-order valence-corrected chi connectivity index (χ4v) is 1.74. The highest BCUT2D eigenvalue weighted by molar-refractivity contribution is 6.42. The quantitative estimate of drug-likeness (QED) is 0.638. The van der Waals surface area contributed by atoms with Gasteiger partial charge in [0.05, 0.1) is 15.6 Å². The number of rotatable bonds is 1. The molecular weight excluding hydrogens is 272 g/mol. The average molecular weight is 277 g/mol. The molecule has 88 valence electrons. The highest BCUT2D eigenvalue weighted by Crippen LogP contribution is 2.32. The van der Waals surface area contributed by atoms with Gasteiger partial charge in [0.25, 0.3) is 0 Å². The van der Waals surface area contributed by atoms with Crippen molar-refractivity contribution in [2.24, 2.45) is 0 Å². The predicted molar refractivity (Wildman–Crippen MR) is 61.8 cm³/mol. The van der Waals surface area contributed by atoms with E-state index in [-0.39, 0.29) is 15.6 Å². The van der Waals surface area contributed by atoms with Crippen molar-refractivity contribution in [2.45, 2.75) is 0 Å². The first kappa shape index (κ1) is 12.3. The molecule has 0 saturated heterocycles. The van der Waals surface area contributed by atoms with E-state index < -0.39 is 23.0 Å². The van der Waals surface area contributed by atoms with Gasteiger partial charge in [-0.2, -0.15) is 0 Å². The number of halogens is 5. The van der Waals surface area contributed by atoms with Crippen LogP contribution in [0, 0.1) is 17.5 Å². The molecule has 0 amide bonds. The molecule has 0 heterocycles. The summed E-state index contributed by atoms with van der Waals surface area (Å²) in [6.45, 7) is 0. The van der Waals surface area contributed by atoms with Crippen LogP contribution in [-0.2, 0) is 0 Å². The minimum atomic E-state index is -1.25. The van der Waals surface area contributed by atoms with E-state index in [9.17, 15) is 13.2 Å². The molecule has 17 heavy (non-hydrogen) atoms. The molecule has 0 aliphatic heterocycles. The van der Waals surface area contributed by atoms with E-state index in [1.54, 1.807) is 0 Å². The molecule has 0 aliphatic rings. The molecule has 2 rings (SSSR count). The Morgan fingerprint density at radius 1 is 0.765 bits per heavy atom. The Bertz CT molecular complexity index is 582. The molecule has 5 heteroatoms. The van der Waals surface area contributed by atoms with Crippen molar-refractivity contribution in [3.63, 3.8) is 0 Å². The number of benzene rings is 2. The Labute approximate surface area is 106 Å². The van der Waals surface area contributed by atoms with E-state index in [1.165, 1.54) is 18.2 Å². The molecule has 2 aromatic rings. The first-order valence-electron chi connectivity index (χ1n) is 4.59. The summed E-state index contributed by atoms with van der Waals surface area (Å²) in [5.41, 5.74) is -0.322. The van der Waals surface area contributed by atoms with Crippen molar-refractivity contribution in [3.05, 3.63) is 57.8 Å². The number of hydrogen-bond acceptors (Lipinski definition) is 0. The van der Waals surface area contributed by atoms with E-state index in [2.05, 4.69) is 0 Å². The molecule has 0 aliphatic carbocycles. The van der Waals surface area contributed by atoms with Gasteiger partial charge in [0.15, 0.2) is 11.6 Å². The van der Waals surface area contributed by atoms with Crippen LogP contribution in [0.2, 0.25) is 10.0 Å². The molecule has 0 bridgehead atoms. The Morgan fingerprint density at radius 2 is 1.41 bits per heavy atom. The van der Waals surface area contributed by atoms with Crippen molar-refractivity contribution in [1.29, 1.82) is 0 Å². The lowest BCUT2D eigenvalue weighted by molar-refractivity contribution is 0.499. The highest BCUT2D eigenvalue weighted by Gasteiger charge is 2.16. The Hall–Kier alpha value is -1.19. The van der Waals surface area contributed by atoms with E-state index in [1.807, 2.05) is 0 Å². The van der Waals surface area contributed by atoms with Crippen LogP contribution in [-0.4, -0.2) is 0 Å². The standard InChI is InChI=1S/C12H5Cl2F3/c13-7-2-1-6(5-8(7)14)11-9(15)3-4-10(16)12(11)17/h1-5H. The van der Waals surface area contributed by atoms with E-state index in [0.29, 0.717) is 0 Å². The van der Waals surface area contributed by atoms with E-state index >= 15 is 0 Å². The van der Waals surface area contributed by atoms with Gasteiger partial charge in [0.2, 0.25) is 0 Å². The zero-order chi connectivity index (χ0) is 12.6. The third kappa shape index (κ3) is 2.26. The van der Waals surface area contributed by atoms with Crippen LogP contribution in [0.15, 0.2) is 30.3 Å². The van der Waals surface area contributed by atoms with Crippen molar-refractivity contribution < 1.29 is 13.2 Å². The average Bonchev–Trinajstić information content (AvgIpc) is 2.29. The molecule has 0 saturated carbocycles. The molecule has 0 fully saturated rings. The monoisotopic (exact) mass is 276 g/mol. The van der Waals surface area contributed by atoms with Gasteiger partial charge in [-0.1, -0.05) is 29.3 Å². The van der Waals surface area contributed by atoms with Gasteiger partial charge in [0, 0.05) is 0 Å². The number of hydrogen-bond donors (Lipinski definition) is 0. The summed E-state index contributed by atoms with van der Waals surface area (Å²) in [5, 5.41) is 0.403. The van der Waals surface area contributed by atoms with Crippen LogP contribution in [0.3, 0.4) is 0 Å². The summed E-state index contributed by atoms with van der Waals surface area (Å²) >= 11 is 11.4. The smallest absolute Gasteiger partial charge is 0.169 e. The SMILES string of the molecule is Fc1ccc(F)c(-c2ccc(Cl)c(Cl)c2)c1F. The molecule has 0 spiro atoms. The Kier molecular flexibility index (Phi) is 3.31. The largest absolute Gasteiger partial charge is 0.206 e. The molecule has 0 nitrogen and oxygen atoms in total. The Balaban J connectivity index is 2.68. The highest BCUT2D eigenvalue weighted by atomic mass is 35.5. The molecule has 0 atom stereocenters. The summed E-state index contributed by atoms with van der Waals surface area (Å²) in [6, 6.07) is 5.63. The Morgan fingerprint density at radius 3 is 2.06 bits per heavy atom. The van der Waals surface area contributed by atoms with E-state index in [0.717, 1.165) is 12.1 Å². The predicted octanol–water partition coefficient (Wildman–Crippen LogP) is 5.08. The van der Waals surface area contributed by atoms with Gasteiger partial charge in [-0.3, -0.25) is 0 Å². The van der Waals surface area contributed by atoms with Gasteiger partial charge in [0.1, 0.15) is 5.82 Å². The van der Waals surface area contributed by atoms with Crippen molar-refractivity contribution >= 4 is 23.2 Å². The van der Waals surface area contributed by atoms with Gasteiger partial charge >= 0.3 is 0 Å². The fraction of sp³-hybridized carbons (Fsp3) is 0. The van der Waals surface area contributed by atoms with Crippen LogP contribution in [0.1, 0.15) is 0 Å². The van der Waals surface area contributed by atoms with E-state index in [4.69, 9.17) is 23.2 Å². The van der Waals surface area contributed by atoms with Crippen LogP contribution in [0.25, 0.3) is 11.1 Å². The molecule has 0 aromatic heterocycles. The topological polar surface area (TPSA) is 0 Å². The van der Waals surface area contributed by atoms with Crippen LogP contribution in [0.4, 0.5) is 13.2 Å². The van der Waals surface area contributed by atoms with Gasteiger partial charge in [-0.15, -0.1) is 0 Å². The van der Waals surface area contributed by atoms with Crippen molar-refractivity contribution in [2.75, 3.05) is 0 Å². The maximum absolute atomic E-state index is 13.5. The second kappa shape index (κ2) is 4.59. The lowest BCUT2D eigenvalue weighted by atomic mass is 10.0. The van der Waals surface area contributed by atoms with Crippen LogP contribution < -0.4 is 0 Å². The third-order valence-corrected chi connectivity index (χ3v) is 2.99. The minimum Gasteiger partial charge on any atom is -0.206 e. The second-order valence-electron chi connectivity index (χ2n) is 3.35. The maximum Gasteiger partial charge on any atom is 0.169 e. The first-order chi connectivity index (χ1) is 8.00. The molecule has 0 radical (unpaired) electrons. The first-order valence-corrected chi connectivity index (χ1v) is 5.35. The van der Waals surface area contributed by atoms with Crippen molar-refractivity contribution in [1.82, 2.24) is 0 Å². The third-order valence-electron chi connectivity index (χ3n) is 2.25. The minimum absolute atomic E-state index is 0.133. The van der Waals surface area contributed by atoms with Crippen LogP contribution >= 0.6 is 23.2 Å². The zero-order valence-electron chi connectivity index (χ0n) is 8.28. The summed E-state index contributed by atoms with van der Waals surface area (Å²) in [5.74, 6) is -3.22. The molecular formula is C12H5Cl2F3. The molecule has 2 aromatic carbocycles. The summed E-state index contributed by atoms with van der Waals surface area (Å²) in [6.07, 6.45) is 0. The fourth-order valence-electron chi connectivity index (χ4n) is 1.44. The van der Waals surface area contributed by atoms with Crippen LogP contribution in [0.5, 0.6) is 0 Å².